The second-order valence-corrected chi connectivity index (χ2v) is 5.45. The third kappa shape index (κ3) is 4.39. The molecule has 0 saturated heterocycles. The van der Waals surface area contributed by atoms with Crippen LogP contribution in [0.2, 0.25) is 0 Å². The fourth-order valence-corrected chi connectivity index (χ4v) is 3.09. The van der Waals surface area contributed by atoms with Crippen molar-refractivity contribution in [3.05, 3.63) is 0 Å². The van der Waals surface area contributed by atoms with E-state index in [0.29, 0.717) is 0 Å². The normalized spacial score (nSPS) is 34.9. The molecule has 2 aliphatic carbocycles. The van der Waals surface area contributed by atoms with Gasteiger partial charge in [0.25, 0.3) is 0 Å². The number of carbonyl (C=O) groups excluding carboxylic acids is 2. The lowest BCUT2D eigenvalue weighted by Crippen LogP contribution is -2.32. The Morgan fingerprint density at radius 2 is 1.47 bits per heavy atom. The van der Waals surface area contributed by atoms with Crippen LogP contribution in [0.15, 0.2) is 9.98 Å². The Morgan fingerprint density at radius 3 is 2.16 bits per heavy atom. The van der Waals surface area contributed by atoms with Crippen molar-refractivity contribution in [1.29, 1.82) is 0 Å². The molecule has 104 valence electrons. The van der Waals surface area contributed by atoms with Gasteiger partial charge in [0.15, 0.2) is 0 Å². The van der Waals surface area contributed by atoms with E-state index in [1.165, 1.54) is 0 Å². The number of hydrogen-bond donors (Lipinski definition) is 0. The molecule has 0 amide bonds. The number of aliphatic imine (C=N–C) groups is 2. The zero-order chi connectivity index (χ0) is 13.5. The highest BCUT2D eigenvalue weighted by Gasteiger charge is 2.27. The van der Waals surface area contributed by atoms with Gasteiger partial charge in [-0.25, -0.2) is 19.6 Å². The number of nitrogens with zero attached hydrogens (tertiary/aromatic N) is 2. The molecule has 0 aromatic carbocycles. The molecule has 0 aromatic heterocycles. The summed E-state index contributed by atoms with van der Waals surface area (Å²) in [6.07, 6.45) is 11.4. The van der Waals surface area contributed by atoms with Crippen molar-refractivity contribution in [3.8, 4) is 0 Å². The topological polar surface area (TPSA) is 68.1 Å². The summed E-state index contributed by atoms with van der Waals surface area (Å²) in [6, 6.07) is 0.225. The summed E-state index contributed by atoms with van der Waals surface area (Å²) in [5, 5.41) is 0. The zero-order valence-corrected chi connectivity index (χ0v) is 11.1. The van der Waals surface area contributed by atoms with Crippen LogP contribution in [0.5, 0.6) is 0 Å². The van der Waals surface area contributed by atoms with Gasteiger partial charge in [-0.1, -0.05) is 0 Å². The molecule has 5 nitrogen and oxygen atoms in total. The third-order valence-electron chi connectivity index (χ3n) is 4.10. The van der Waals surface area contributed by atoms with Crippen molar-refractivity contribution in [1.82, 2.24) is 0 Å². The first-order valence-corrected chi connectivity index (χ1v) is 7.11. The predicted molar refractivity (Wildman–Crippen MR) is 69.4 cm³/mol. The highest BCUT2D eigenvalue weighted by atomic mass is 16.5. The summed E-state index contributed by atoms with van der Waals surface area (Å²) < 4.78 is 6.11. The van der Waals surface area contributed by atoms with Crippen LogP contribution in [0, 0.1) is 0 Å². The molecule has 0 radical (unpaired) electrons. The van der Waals surface area contributed by atoms with E-state index in [1.54, 1.807) is 12.2 Å². The van der Waals surface area contributed by atoms with Crippen molar-refractivity contribution in [2.75, 3.05) is 0 Å². The molecule has 0 N–H and O–H groups in total. The van der Waals surface area contributed by atoms with E-state index in [-0.39, 0.29) is 24.3 Å². The maximum absolute atomic E-state index is 10.3. The Balaban J connectivity index is 1.75. The molecule has 2 fully saturated rings. The molecule has 5 heteroatoms. The molecule has 2 saturated carbocycles. The molecule has 0 aromatic rings. The minimum atomic E-state index is 0.0900. The number of isocyanates is 2. The molecule has 0 heterocycles. The van der Waals surface area contributed by atoms with Crippen LogP contribution in [0.3, 0.4) is 0 Å². The van der Waals surface area contributed by atoms with Crippen molar-refractivity contribution in [3.63, 3.8) is 0 Å². The molecule has 2 atom stereocenters. The summed E-state index contributed by atoms with van der Waals surface area (Å²) in [5.41, 5.74) is 0. The maximum atomic E-state index is 10.3. The lowest BCUT2D eigenvalue weighted by Gasteiger charge is -2.32. The van der Waals surface area contributed by atoms with Crippen LogP contribution in [0.1, 0.15) is 51.4 Å². The summed E-state index contributed by atoms with van der Waals surface area (Å²) in [6.45, 7) is 0. The van der Waals surface area contributed by atoms with E-state index in [4.69, 9.17) is 4.74 Å². The van der Waals surface area contributed by atoms with Crippen molar-refractivity contribution >= 4 is 12.2 Å². The van der Waals surface area contributed by atoms with Crippen molar-refractivity contribution in [2.45, 2.75) is 75.7 Å². The predicted octanol–water partition coefficient (Wildman–Crippen LogP) is 2.30. The molecule has 2 unspecified atom stereocenters. The molecular weight excluding hydrogens is 244 g/mol. The van der Waals surface area contributed by atoms with Gasteiger partial charge in [-0.05, 0) is 51.4 Å². The number of rotatable bonds is 4. The summed E-state index contributed by atoms with van der Waals surface area (Å²) in [7, 11) is 0. The Hall–Kier alpha value is -1.28. The lowest BCUT2D eigenvalue weighted by atomic mass is 9.91. The standard InChI is InChI=1S/C14H20N2O3/c17-9-15-11-4-6-13(7-5-11)19-14-3-1-2-12(8-14)16-10-18/h11-14H,1-8H2. The lowest BCUT2D eigenvalue weighted by molar-refractivity contribution is -0.0493. The molecule has 0 bridgehead atoms. The molecule has 2 rings (SSSR count). The third-order valence-corrected chi connectivity index (χ3v) is 4.10. The van der Waals surface area contributed by atoms with Gasteiger partial charge in [0.1, 0.15) is 0 Å². The van der Waals surface area contributed by atoms with Gasteiger partial charge in [-0.2, -0.15) is 0 Å². The van der Waals surface area contributed by atoms with Crippen LogP contribution in [0.25, 0.3) is 0 Å². The fraction of sp³-hybridized carbons (Fsp3) is 0.857. The number of hydrogen-bond acceptors (Lipinski definition) is 5. The molecule has 0 aliphatic heterocycles. The van der Waals surface area contributed by atoms with E-state index < -0.39 is 0 Å². The van der Waals surface area contributed by atoms with Gasteiger partial charge >= 0.3 is 0 Å². The quantitative estimate of drug-likeness (QED) is 0.578. The smallest absolute Gasteiger partial charge is 0.235 e. The Labute approximate surface area is 113 Å². The maximum Gasteiger partial charge on any atom is 0.235 e. The van der Waals surface area contributed by atoms with E-state index in [2.05, 4.69) is 9.98 Å². The number of ether oxygens (including phenoxy) is 1. The summed E-state index contributed by atoms with van der Waals surface area (Å²) >= 11 is 0. The minimum absolute atomic E-state index is 0.0900. The second-order valence-electron chi connectivity index (χ2n) is 5.45. The van der Waals surface area contributed by atoms with Crippen LogP contribution < -0.4 is 0 Å². The monoisotopic (exact) mass is 264 g/mol. The minimum Gasteiger partial charge on any atom is -0.375 e. The van der Waals surface area contributed by atoms with Crippen LogP contribution in [-0.2, 0) is 14.3 Å². The Kier molecular flexibility index (Phi) is 5.46. The fourth-order valence-electron chi connectivity index (χ4n) is 3.09. The van der Waals surface area contributed by atoms with Crippen molar-refractivity contribution in [2.24, 2.45) is 9.98 Å². The van der Waals surface area contributed by atoms with Crippen LogP contribution >= 0.6 is 0 Å². The van der Waals surface area contributed by atoms with E-state index >= 15 is 0 Å². The summed E-state index contributed by atoms with van der Waals surface area (Å²) in [5.74, 6) is 0. The second kappa shape index (κ2) is 7.34. The largest absolute Gasteiger partial charge is 0.375 e. The first-order valence-electron chi connectivity index (χ1n) is 7.11. The first kappa shape index (κ1) is 14.1. The van der Waals surface area contributed by atoms with Crippen LogP contribution in [0.4, 0.5) is 0 Å². The zero-order valence-electron chi connectivity index (χ0n) is 11.1. The van der Waals surface area contributed by atoms with Gasteiger partial charge in [0.2, 0.25) is 12.2 Å². The SMILES string of the molecule is O=C=NC1CCC(OC2CCCC(N=C=O)C2)CC1. The van der Waals surface area contributed by atoms with Gasteiger partial charge in [-0.15, -0.1) is 0 Å². The van der Waals surface area contributed by atoms with Crippen LogP contribution in [-0.4, -0.2) is 36.5 Å². The van der Waals surface area contributed by atoms with Gasteiger partial charge in [0, 0.05) is 0 Å². The molecule has 2 aliphatic rings. The Bertz CT molecular complexity index is 378. The average molecular weight is 264 g/mol. The van der Waals surface area contributed by atoms with E-state index in [0.717, 1.165) is 51.4 Å². The highest BCUT2D eigenvalue weighted by molar-refractivity contribution is 5.33. The van der Waals surface area contributed by atoms with Gasteiger partial charge < -0.3 is 4.74 Å². The molecule has 0 spiro atoms. The molecule has 19 heavy (non-hydrogen) atoms. The first-order chi connectivity index (χ1) is 9.31. The summed E-state index contributed by atoms with van der Waals surface area (Å²) in [4.78, 5) is 28.1. The molecular formula is C14H20N2O3. The van der Waals surface area contributed by atoms with Crippen molar-refractivity contribution < 1.29 is 14.3 Å². The Morgan fingerprint density at radius 1 is 0.789 bits per heavy atom. The van der Waals surface area contributed by atoms with Gasteiger partial charge in [-0.3, -0.25) is 0 Å². The van der Waals surface area contributed by atoms with Gasteiger partial charge in [0.05, 0.1) is 24.3 Å². The van der Waals surface area contributed by atoms with E-state index in [1.807, 2.05) is 0 Å². The highest BCUT2D eigenvalue weighted by Crippen LogP contribution is 2.29. The van der Waals surface area contributed by atoms with E-state index in [9.17, 15) is 9.59 Å². The average Bonchev–Trinajstić information content (AvgIpc) is 2.42.